The summed E-state index contributed by atoms with van der Waals surface area (Å²) in [5, 5.41) is 3.06. The van der Waals surface area contributed by atoms with Crippen LogP contribution in [-0.2, 0) is 16.8 Å². The molecule has 0 aliphatic carbocycles. The average molecular weight is 473 g/mol. The van der Waals surface area contributed by atoms with Gasteiger partial charge in [0.15, 0.2) is 0 Å². The maximum Gasteiger partial charge on any atom is 0.251 e. The van der Waals surface area contributed by atoms with E-state index in [1.54, 1.807) is 11.8 Å². The number of rotatable bonds is 6. The molecule has 1 heterocycles. The molecular weight excluding hydrogens is 440 g/mol. The molecule has 0 aromatic heterocycles. The Morgan fingerprint density at radius 1 is 1.00 bits per heavy atom. The third kappa shape index (κ3) is 5.53. The fraction of sp³-hybridized carbons (Fsp3) is 0.310. The van der Waals surface area contributed by atoms with Crippen LogP contribution in [0.2, 0.25) is 0 Å². The van der Waals surface area contributed by atoms with Gasteiger partial charge in [0.2, 0.25) is 5.91 Å². The van der Waals surface area contributed by atoms with E-state index in [-0.39, 0.29) is 28.6 Å². The first-order valence-electron chi connectivity index (χ1n) is 11.7. The highest BCUT2D eigenvalue weighted by Crippen LogP contribution is 2.39. The molecule has 1 saturated heterocycles. The van der Waals surface area contributed by atoms with Gasteiger partial charge in [-0.05, 0) is 46.7 Å². The predicted octanol–water partition coefficient (Wildman–Crippen LogP) is 6.25. The molecule has 3 aromatic rings. The van der Waals surface area contributed by atoms with E-state index in [4.69, 9.17) is 0 Å². The first kappa shape index (κ1) is 24.1. The van der Waals surface area contributed by atoms with Crippen LogP contribution in [0.1, 0.15) is 71.7 Å². The van der Waals surface area contributed by atoms with Crippen molar-refractivity contribution in [3.05, 3.63) is 107 Å². The van der Waals surface area contributed by atoms with Crippen LogP contribution in [0.25, 0.3) is 0 Å². The second-order valence-corrected chi connectivity index (χ2v) is 10.9. The number of nitrogens with one attached hydrogen (secondary N) is 1. The fourth-order valence-electron chi connectivity index (χ4n) is 4.12. The van der Waals surface area contributed by atoms with Crippen molar-refractivity contribution >= 4 is 23.6 Å². The van der Waals surface area contributed by atoms with E-state index in [0.717, 1.165) is 16.7 Å². The molecule has 0 unspecified atom stereocenters. The smallest absolute Gasteiger partial charge is 0.251 e. The standard InChI is InChI=1S/C29H32N2O2S/c1-20(22-14-16-25(17-15-22)29(2,3)4)30-27(33)23-10-12-24(13-11-23)28-31(26(32)19-34-28)18-21-8-6-5-7-9-21/h5-17,20,28H,18-19H2,1-4H3,(H,30,33)/t20-,28+/m1/s1. The van der Waals surface area contributed by atoms with Crippen molar-refractivity contribution in [3.63, 3.8) is 0 Å². The van der Waals surface area contributed by atoms with Crippen LogP contribution in [0.5, 0.6) is 0 Å². The van der Waals surface area contributed by atoms with Gasteiger partial charge in [-0.15, -0.1) is 11.8 Å². The van der Waals surface area contributed by atoms with E-state index < -0.39 is 0 Å². The van der Waals surface area contributed by atoms with Crippen LogP contribution in [-0.4, -0.2) is 22.5 Å². The fourth-order valence-corrected chi connectivity index (χ4v) is 5.30. The Morgan fingerprint density at radius 3 is 2.26 bits per heavy atom. The van der Waals surface area contributed by atoms with Crippen LogP contribution < -0.4 is 5.32 Å². The van der Waals surface area contributed by atoms with Gasteiger partial charge in [0.05, 0.1) is 11.8 Å². The van der Waals surface area contributed by atoms with Gasteiger partial charge in [-0.2, -0.15) is 0 Å². The lowest BCUT2D eigenvalue weighted by Crippen LogP contribution is -2.28. The van der Waals surface area contributed by atoms with Gasteiger partial charge in [-0.1, -0.05) is 87.5 Å². The summed E-state index contributed by atoms with van der Waals surface area (Å²) in [5.41, 5.74) is 5.22. The molecule has 4 rings (SSSR count). The monoisotopic (exact) mass is 472 g/mol. The Balaban J connectivity index is 1.41. The molecule has 1 aliphatic heterocycles. The van der Waals surface area contributed by atoms with Gasteiger partial charge in [0.25, 0.3) is 5.91 Å². The van der Waals surface area contributed by atoms with Crippen LogP contribution in [0, 0.1) is 0 Å². The summed E-state index contributed by atoms with van der Waals surface area (Å²) in [4.78, 5) is 27.3. The Kier molecular flexibility index (Phi) is 7.13. The van der Waals surface area contributed by atoms with E-state index >= 15 is 0 Å². The van der Waals surface area contributed by atoms with Crippen molar-refractivity contribution in [1.29, 1.82) is 0 Å². The maximum atomic E-state index is 12.9. The molecule has 2 atom stereocenters. The van der Waals surface area contributed by atoms with Crippen molar-refractivity contribution < 1.29 is 9.59 Å². The molecular formula is C29H32N2O2S. The Morgan fingerprint density at radius 2 is 1.65 bits per heavy atom. The molecule has 5 heteroatoms. The van der Waals surface area contributed by atoms with Crippen LogP contribution in [0.3, 0.4) is 0 Å². The number of carbonyl (C=O) groups is 2. The summed E-state index contributed by atoms with van der Waals surface area (Å²) in [7, 11) is 0. The lowest BCUT2D eigenvalue weighted by atomic mass is 9.86. The number of benzene rings is 3. The lowest BCUT2D eigenvalue weighted by molar-refractivity contribution is -0.128. The van der Waals surface area contributed by atoms with Crippen LogP contribution in [0.15, 0.2) is 78.9 Å². The highest BCUT2D eigenvalue weighted by molar-refractivity contribution is 8.00. The van der Waals surface area contributed by atoms with Crippen molar-refractivity contribution in [3.8, 4) is 0 Å². The Hall–Kier alpha value is -3.05. The summed E-state index contributed by atoms with van der Waals surface area (Å²) in [6.45, 7) is 9.17. The second-order valence-electron chi connectivity index (χ2n) is 9.86. The highest BCUT2D eigenvalue weighted by atomic mass is 32.2. The zero-order valence-electron chi connectivity index (χ0n) is 20.2. The average Bonchev–Trinajstić information content (AvgIpc) is 3.19. The largest absolute Gasteiger partial charge is 0.346 e. The van der Waals surface area contributed by atoms with Gasteiger partial charge in [-0.25, -0.2) is 0 Å². The minimum atomic E-state index is -0.102. The minimum Gasteiger partial charge on any atom is -0.346 e. The number of thioether (sulfide) groups is 1. The van der Waals surface area contributed by atoms with Gasteiger partial charge >= 0.3 is 0 Å². The number of amides is 2. The van der Waals surface area contributed by atoms with Gasteiger partial charge in [-0.3, -0.25) is 9.59 Å². The highest BCUT2D eigenvalue weighted by Gasteiger charge is 2.32. The zero-order valence-corrected chi connectivity index (χ0v) is 21.1. The summed E-state index contributed by atoms with van der Waals surface area (Å²) < 4.78 is 0. The molecule has 176 valence electrons. The van der Waals surface area contributed by atoms with E-state index in [1.807, 2.05) is 66.4 Å². The third-order valence-electron chi connectivity index (χ3n) is 6.25. The molecule has 3 aromatic carbocycles. The van der Waals surface area contributed by atoms with Crippen molar-refractivity contribution in [2.75, 3.05) is 5.75 Å². The molecule has 1 fully saturated rings. The molecule has 0 bridgehead atoms. The summed E-state index contributed by atoms with van der Waals surface area (Å²) in [6, 6.07) is 26.0. The molecule has 4 nitrogen and oxygen atoms in total. The first-order chi connectivity index (χ1) is 16.2. The van der Waals surface area contributed by atoms with Crippen LogP contribution in [0.4, 0.5) is 0 Å². The number of hydrogen-bond acceptors (Lipinski definition) is 3. The molecule has 0 spiro atoms. The van der Waals surface area contributed by atoms with E-state index in [9.17, 15) is 9.59 Å². The molecule has 2 amide bonds. The zero-order chi connectivity index (χ0) is 24.3. The molecule has 0 radical (unpaired) electrons. The van der Waals surface area contributed by atoms with Gasteiger partial charge in [0.1, 0.15) is 5.37 Å². The number of nitrogens with zero attached hydrogens (tertiary/aromatic N) is 1. The topological polar surface area (TPSA) is 49.4 Å². The molecule has 1 N–H and O–H groups in total. The molecule has 34 heavy (non-hydrogen) atoms. The molecule has 0 saturated carbocycles. The third-order valence-corrected chi connectivity index (χ3v) is 7.50. The summed E-state index contributed by atoms with van der Waals surface area (Å²) in [6.07, 6.45) is 0. The van der Waals surface area contributed by atoms with Crippen molar-refractivity contribution in [2.24, 2.45) is 0 Å². The van der Waals surface area contributed by atoms with Crippen molar-refractivity contribution in [2.45, 2.75) is 51.1 Å². The maximum absolute atomic E-state index is 12.9. The predicted molar refractivity (Wildman–Crippen MR) is 140 cm³/mol. The van der Waals surface area contributed by atoms with E-state index in [2.05, 4.69) is 50.4 Å². The van der Waals surface area contributed by atoms with E-state index in [0.29, 0.717) is 17.9 Å². The summed E-state index contributed by atoms with van der Waals surface area (Å²) in [5.74, 6) is 0.521. The normalized spacial score (nSPS) is 17.0. The van der Waals surface area contributed by atoms with Crippen LogP contribution >= 0.6 is 11.8 Å². The number of hydrogen-bond donors (Lipinski definition) is 1. The quantitative estimate of drug-likeness (QED) is 0.461. The Labute approximate surface area is 206 Å². The Bertz CT molecular complexity index is 1140. The SMILES string of the molecule is C[C@@H](NC(=O)c1ccc([C@@H]2SCC(=O)N2Cc2ccccc2)cc1)c1ccc(C(C)(C)C)cc1. The summed E-state index contributed by atoms with van der Waals surface area (Å²) >= 11 is 1.63. The molecule has 1 aliphatic rings. The second kappa shape index (κ2) is 10.1. The van der Waals surface area contributed by atoms with Gasteiger partial charge in [0, 0.05) is 12.1 Å². The van der Waals surface area contributed by atoms with E-state index in [1.165, 1.54) is 5.56 Å². The first-order valence-corrected chi connectivity index (χ1v) is 12.7. The lowest BCUT2D eigenvalue weighted by Gasteiger charge is -2.24. The minimum absolute atomic E-state index is 0.0370. The number of carbonyl (C=O) groups excluding carboxylic acids is 2. The van der Waals surface area contributed by atoms with Gasteiger partial charge < -0.3 is 10.2 Å². The van der Waals surface area contributed by atoms with Crippen molar-refractivity contribution in [1.82, 2.24) is 10.2 Å².